The average Bonchev–Trinajstić information content (AvgIpc) is 2.54. The summed E-state index contributed by atoms with van der Waals surface area (Å²) >= 11 is 0. The van der Waals surface area contributed by atoms with Crippen LogP contribution in [-0.4, -0.2) is 40.6 Å². The summed E-state index contributed by atoms with van der Waals surface area (Å²) in [5.41, 5.74) is -0.198. The number of ether oxygens (including phenoxy) is 2. The molecule has 0 spiro atoms. The van der Waals surface area contributed by atoms with E-state index in [2.05, 4.69) is 0 Å². The van der Waals surface area contributed by atoms with Gasteiger partial charge in [0.05, 0.1) is 36.1 Å². The minimum Gasteiger partial charge on any atom is -0.465 e. The van der Waals surface area contributed by atoms with Crippen molar-refractivity contribution in [2.45, 2.75) is 57.0 Å². The lowest BCUT2D eigenvalue weighted by molar-refractivity contribution is -0.261. The molecule has 132 valence electrons. The monoisotopic (exact) mass is 334 g/mol. The van der Waals surface area contributed by atoms with Gasteiger partial charge in [0.1, 0.15) is 0 Å². The molecule has 2 unspecified atom stereocenters. The van der Waals surface area contributed by atoms with Gasteiger partial charge in [-0.1, -0.05) is 12.1 Å². The molecule has 2 fully saturated rings. The number of aliphatic hydroxyl groups excluding tert-OH is 1. The highest BCUT2D eigenvalue weighted by Gasteiger charge is 2.56. The Kier molecular flexibility index (Phi) is 4.22. The van der Waals surface area contributed by atoms with Crippen LogP contribution in [0.3, 0.4) is 0 Å². The van der Waals surface area contributed by atoms with Gasteiger partial charge < -0.3 is 19.7 Å². The number of aliphatic hydroxyl groups is 2. The van der Waals surface area contributed by atoms with Crippen LogP contribution in [0, 0.1) is 11.8 Å². The number of methoxy groups -OCH3 is 1. The van der Waals surface area contributed by atoms with E-state index >= 15 is 0 Å². The van der Waals surface area contributed by atoms with E-state index in [-0.39, 0.29) is 29.5 Å². The van der Waals surface area contributed by atoms with Crippen LogP contribution >= 0.6 is 0 Å². The lowest BCUT2D eigenvalue weighted by Crippen LogP contribution is -2.60. The second kappa shape index (κ2) is 5.83. The zero-order chi connectivity index (χ0) is 17.7. The molecular formula is C19H26O5. The van der Waals surface area contributed by atoms with E-state index in [1.807, 2.05) is 26.0 Å². The fraction of sp³-hybridized carbons (Fsp3) is 0.632. The number of fused-ring (bicyclic) bond motifs is 2. The molecule has 2 aliphatic rings. The van der Waals surface area contributed by atoms with Crippen molar-refractivity contribution >= 4 is 5.97 Å². The van der Waals surface area contributed by atoms with Crippen molar-refractivity contribution in [3.8, 4) is 0 Å². The predicted octanol–water partition coefficient (Wildman–Crippen LogP) is 2.46. The lowest BCUT2D eigenvalue weighted by Gasteiger charge is -2.56. The first-order valence-corrected chi connectivity index (χ1v) is 8.43. The number of hydrogen-bond acceptors (Lipinski definition) is 5. The van der Waals surface area contributed by atoms with Crippen LogP contribution in [0.15, 0.2) is 24.3 Å². The molecule has 2 N–H and O–H groups in total. The van der Waals surface area contributed by atoms with E-state index in [1.54, 1.807) is 19.1 Å². The van der Waals surface area contributed by atoms with Gasteiger partial charge in [-0.25, -0.2) is 4.79 Å². The fourth-order valence-corrected chi connectivity index (χ4v) is 4.13. The van der Waals surface area contributed by atoms with Gasteiger partial charge in [-0.3, -0.25) is 0 Å². The summed E-state index contributed by atoms with van der Waals surface area (Å²) in [7, 11) is 1.35. The average molecular weight is 334 g/mol. The highest BCUT2D eigenvalue weighted by atomic mass is 16.5. The minimum absolute atomic E-state index is 0.191. The van der Waals surface area contributed by atoms with Gasteiger partial charge in [0.2, 0.25) is 0 Å². The summed E-state index contributed by atoms with van der Waals surface area (Å²) < 4.78 is 11.1. The van der Waals surface area contributed by atoms with Crippen LogP contribution in [0.2, 0.25) is 0 Å². The SMILES string of the molecule is COC(=O)c1ccc([C@@H]2OC(C)(C)C3CC2[C@](C)(O)[C@@H](O)C3)cc1. The molecule has 3 rings (SSSR count). The third-order valence-electron chi connectivity index (χ3n) is 5.91. The van der Waals surface area contributed by atoms with E-state index in [0.29, 0.717) is 12.0 Å². The van der Waals surface area contributed by atoms with Crippen LogP contribution < -0.4 is 0 Å². The summed E-state index contributed by atoms with van der Waals surface area (Å²) in [5, 5.41) is 21.3. The van der Waals surface area contributed by atoms with Crippen molar-refractivity contribution < 1.29 is 24.5 Å². The van der Waals surface area contributed by atoms with Gasteiger partial charge in [-0.05, 0) is 57.2 Å². The molecule has 1 aromatic rings. The molecule has 1 saturated carbocycles. The van der Waals surface area contributed by atoms with E-state index in [4.69, 9.17) is 9.47 Å². The minimum atomic E-state index is -1.20. The van der Waals surface area contributed by atoms with Gasteiger partial charge in [0, 0.05) is 5.92 Å². The zero-order valence-electron chi connectivity index (χ0n) is 14.7. The number of rotatable bonds is 2. The van der Waals surface area contributed by atoms with Crippen LogP contribution in [-0.2, 0) is 9.47 Å². The lowest BCUT2D eigenvalue weighted by atomic mass is 9.61. The van der Waals surface area contributed by atoms with Crippen molar-refractivity contribution in [2.75, 3.05) is 7.11 Å². The van der Waals surface area contributed by atoms with Gasteiger partial charge in [0.15, 0.2) is 0 Å². The van der Waals surface area contributed by atoms with Gasteiger partial charge >= 0.3 is 5.97 Å². The number of esters is 1. The molecule has 24 heavy (non-hydrogen) atoms. The van der Waals surface area contributed by atoms with Gasteiger partial charge in [-0.2, -0.15) is 0 Å². The Hall–Kier alpha value is -1.43. The van der Waals surface area contributed by atoms with E-state index in [1.165, 1.54) is 7.11 Å². The number of carbonyl (C=O) groups excluding carboxylic acids is 1. The second-order valence-corrected chi connectivity index (χ2v) is 7.77. The summed E-state index contributed by atoms with van der Waals surface area (Å²) in [6.07, 6.45) is 0.263. The Labute approximate surface area is 142 Å². The topological polar surface area (TPSA) is 76.0 Å². The first-order valence-electron chi connectivity index (χ1n) is 8.43. The molecule has 2 bridgehead atoms. The second-order valence-electron chi connectivity index (χ2n) is 7.77. The molecule has 0 amide bonds. The molecule has 0 radical (unpaired) electrons. The van der Waals surface area contributed by atoms with Crippen LogP contribution in [0.4, 0.5) is 0 Å². The normalized spacial score (nSPS) is 37.8. The first kappa shape index (κ1) is 17.4. The van der Waals surface area contributed by atoms with E-state index in [0.717, 1.165) is 12.0 Å². The predicted molar refractivity (Wildman–Crippen MR) is 88.5 cm³/mol. The molecule has 5 nitrogen and oxygen atoms in total. The molecule has 5 atom stereocenters. The van der Waals surface area contributed by atoms with E-state index in [9.17, 15) is 15.0 Å². The molecule has 1 saturated heterocycles. The molecule has 1 heterocycles. The smallest absolute Gasteiger partial charge is 0.337 e. The number of benzene rings is 1. The molecule has 1 aliphatic heterocycles. The largest absolute Gasteiger partial charge is 0.465 e. The fourth-order valence-electron chi connectivity index (χ4n) is 4.13. The van der Waals surface area contributed by atoms with Crippen molar-refractivity contribution in [1.29, 1.82) is 0 Å². The zero-order valence-corrected chi connectivity index (χ0v) is 14.7. The van der Waals surface area contributed by atoms with Crippen molar-refractivity contribution in [3.63, 3.8) is 0 Å². The Balaban J connectivity index is 1.94. The maximum Gasteiger partial charge on any atom is 0.337 e. The number of carbonyl (C=O) groups is 1. The van der Waals surface area contributed by atoms with Crippen molar-refractivity contribution in [2.24, 2.45) is 11.8 Å². The quantitative estimate of drug-likeness (QED) is 0.813. The highest BCUT2D eigenvalue weighted by Crippen LogP contribution is 2.54. The van der Waals surface area contributed by atoms with Crippen molar-refractivity contribution in [3.05, 3.63) is 35.4 Å². The van der Waals surface area contributed by atoms with Crippen molar-refractivity contribution in [1.82, 2.24) is 0 Å². The Bertz CT molecular complexity index is 619. The number of hydrogen-bond donors (Lipinski definition) is 2. The van der Waals surface area contributed by atoms with Gasteiger partial charge in [0.25, 0.3) is 0 Å². The van der Waals surface area contributed by atoms with E-state index < -0.39 is 11.7 Å². The third kappa shape index (κ3) is 2.75. The summed E-state index contributed by atoms with van der Waals surface area (Å²) in [4.78, 5) is 11.6. The molecule has 0 aromatic heterocycles. The summed E-state index contributed by atoms with van der Waals surface area (Å²) in [5.74, 6) is -0.363. The maximum atomic E-state index is 11.6. The van der Waals surface area contributed by atoms with Gasteiger partial charge in [-0.15, -0.1) is 0 Å². The molecule has 1 aromatic carbocycles. The van der Waals surface area contributed by atoms with Crippen LogP contribution in [0.25, 0.3) is 0 Å². The van der Waals surface area contributed by atoms with Crippen LogP contribution in [0.1, 0.15) is 55.6 Å². The summed E-state index contributed by atoms with van der Waals surface area (Å²) in [6.45, 7) is 5.77. The third-order valence-corrected chi connectivity index (χ3v) is 5.91. The first-order chi connectivity index (χ1) is 11.2. The molecular weight excluding hydrogens is 308 g/mol. The highest BCUT2D eigenvalue weighted by molar-refractivity contribution is 5.89. The van der Waals surface area contributed by atoms with Crippen LogP contribution in [0.5, 0.6) is 0 Å². The Morgan fingerprint density at radius 1 is 1.21 bits per heavy atom. The molecule has 5 heteroatoms. The Morgan fingerprint density at radius 3 is 2.42 bits per heavy atom. The molecule has 1 aliphatic carbocycles. The Morgan fingerprint density at radius 2 is 1.83 bits per heavy atom. The maximum absolute atomic E-state index is 11.6. The summed E-state index contributed by atoms with van der Waals surface area (Å²) in [6, 6.07) is 7.09. The standard InChI is InChI=1S/C19H26O5/c1-18(2)13-9-14(19(3,22)15(20)10-13)16(24-18)11-5-7-12(8-6-11)17(21)23-4/h5-8,13-16,20,22H,9-10H2,1-4H3/t13?,14?,15-,16-,19-/m0/s1.